The average Bonchev–Trinajstić information content (AvgIpc) is 2.96. The molecule has 0 aliphatic rings. The van der Waals surface area contributed by atoms with E-state index in [1.54, 1.807) is 35.6 Å². The smallest absolute Gasteiger partial charge is 0.333 e. The Bertz CT molecular complexity index is 571. The van der Waals surface area contributed by atoms with Crippen LogP contribution in [0.2, 0.25) is 5.02 Å². The number of thiophene rings is 1. The molecule has 1 atom stereocenters. The van der Waals surface area contributed by atoms with Crippen LogP contribution in [0.5, 0.6) is 5.75 Å². The van der Waals surface area contributed by atoms with Crippen molar-refractivity contribution in [1.82, 2.24) is 0 Å². The summed E-state index contributed by atoms with van der Waals surface area (Å²) in [4.78, 5) is 14.2. The van der Waals surface area contributed by atoms with Crippen LogP contribution >= 0.6 is 22.9 Å². The third-order valence-corrected chi connectivity index (χ3v) is 4.20. The first kappa shape index (κ1) is 14.9. The average molecular weight is 310 g/mol. The van der Waals surface area contributed by atoms with Crippen molar-refractivity contribution in [3.63, 3.8) is 0 Å². The Morgan fingerprint density at radius 1 is 1.35 bits per heavy atom. The van der Waals surface area contributed by atoms with E-state index in [4.69, 9.17) is 16.3 Å². The summed E-state index contributed by atoms with van der Waals surface area (Å²) < 4.78 is 5.38. The van der Waals surface area contributed by atoms with Crippen LogP contribution in [0.3, 0.4) is 0 Å². The van der Waals surface area contributed by atoms with Crippen LogP contribution in [-0.4, -0.2) is 18.6 Å². The molecular weight excluding hydrogens is 294 g/mol. The number of benzene rings is 1. The molecule has 1 aromatic carbocycles. The number of ether oxygens (including phenoxy) is 1. The molecule has 0 amide bonds. The zero-order valence-electron chi connectivity index (χ0n) is 11.4. The van der Waals surface area contributed by atoms with Crippen LogP contribution < -0.4 is 9.64 Å². The van der Waals surface area contributed by atoms with Crippen molar-refractivity contribution < 1.29 is 9.53 Å². The van der Waals surface area contributed by atoms with E-state index < -0.39 is 0 Å². The number of carbonyl (C=O) groups excluding carboxylic acids is 1. The highest BCUT2D eigenvalue weighted by molar-refractivity contribution is 7.14. The number of hydrogen-bond donors (Lipinski definition) is 0. The number of halogens is 1. The molecule has 0 bridgehead atoms. The lowest BCUT2D eigenvalue weighted by atomic mass is 10.3. The van der Waals surface area contributed by atoms with Gasteiger partial charge in [0.1, 0.15) is 11.8 Å². The normalized spacial score (nSPS) is 11.9. The highest BCUT2D eigenvalue weighted by atomic mass is 35.5. The van der Waals surface area contributed by atoms with Gasteiger partial charge in [0.2, 0.25) is 0 Å². The standard InChI is InChI=1S/C15H16ClNO2S/c1-3-17(14-9-6-10-20-14)11(2)15(18)19-13-8-5-4-7-12(13)16/h4-11H,3H2,1-2H3. The number of esters is 1. The minimum absolute atomic E-state index is 0.312. The second kappa shape index (κ2) is 6.77. The number of nitrogens with zero attached hydrogens (tertiary/aromatic N) is 1. The van der Waals surface area contributed by atoms with Crippen molar-refractivity contribution in [2.75, 3.05) is 11.4 Å². The second-order valence-corrected chi connectivity index (χ2v) is 5.60. The maximum Gasteiger partial charge on any atom is 0.333 e. The Morgan fingerprint density at radius 3 is 2.70 bits per heavy atom. The Hall–Kier alpha value is -1.52. The van der Waals surface area contributed by atoms with E-state index in [0.29, 0.717) is 10.8 Å². The molecular formula is C15H16ClNO2S. The van der Waals surface area contributed by atoms with Gasteiger partial charge in [0.15, 0.2) is 0 Å². The Balaban J connectivity index is 2.10. The van der Waals surface area contributed by atoms with Gasteiger partial charge >= 0.3 is 5.97 Å². The molecule has 2 aromatic rings. The van der Waals surface area contributed by atoms with Gasteiger partial charge < -0.3 is 9.64 Å². The van der Waals surface area contributed by atoms with Crippen LogP contribution in [0.25, 0.3) is 0 Å². The molecule has 0 aliphatic carbocycles. The Labute approximate surface area is 127 Å². The highest BCUT2D eigenvalue weighted by Crippen LogP contribution is 2.26. The zero-order valence-corrected chi connectivity index (χ0v) is 12.9. The van der Waals surface area contributed by atoms with Gasteiger partial charge in [-0.1, -0.05) is 23.7 Å². The lowest BCUT2D eigenvalue weighted by molar-refractivity contribution is -0.135. The highest BCUT2D eigenvalue weighted by Gasteiger charge is 2.23. The Morgan fingerprint density at radius 2 is 2.10 bits per heavy atom. The molecule has 1 heterocycles. The van der Waals surface area contributed by atoms with E-state index in [0.717, 1.165) is 11.5 Å². The van der Waals surface area contributed by atoms with Crippen LogP contribution in [0.1, 0.15) is 13.8 Å². The number of rotatable bonds is 5. The van der Waals surface area contributed by atoms with E-state index >= 15 is 0 Å². The molecule has 20 heavy (non-hydrogen) atoms. The fourth-order valence-corrected chi connectivity index (χ4v) is 2.95. The van der Waals surface area contributed by atoms with E-state index in [9.17, 15) is 4.79 Å². The van der Waals surface area contributed by atoms with Gasteiger partial charge in [0.05, 0.1) is 10.0 Å². The van der Waals surface area contributed by atoms with Crippen molar-refractivity contribution >= 4 is 33.9 Å². The first-order chi connectivity index (χ1) is 9.63. The molecule has 0 saturated heterocycles. The molecule has 106 valence electrons. The SMILES string of the molecule is CCN(c1cccs1)C(C)C(=O)Oc1ccccc1Cl. The van der Waals surface area contributed by atoms with Crippen molar-refractivity contribution in [1.29, 1.82) is 0 Å². The van der Waals surface area contributed by atoms with E-state index in [-0.39, 0.29) is 12.0 Å². The quantitative estimate of drug-likeness (QED) is 0.611. The second-order valence-electron chi connectivity index (χ2n) is 4.26. The molecule has 0 spiro atoms. The van der Waals surface area contributed by atoms with Crippen LogP contribution in [0, 0.1) is 0 Å². The molecule has 0 aliphatic heterocycles. The molecule has 1 unspecified atom stereocenters. The molecule has 0 N–H and O–H groups in total. The minimum atomic E-state index is -0.366. The maximum atomic E-state index is 12.2. The fourth-order valence-electron chi connectivity index (χ4n) is 1.90. The van der Waals surface area contributed by atoms with E-state index in [1.165, 1.54) is 0 Å². The number of carbonyl (C=O) groups is 1. The van der Waals surface area contributed by atoms with E-state index in [1.807, 2.05) is 36.3 Å². The van der Waals surface area contributed by atoms with Gasteiger partial charge in [-0.2, -0.15) is 0 Å². The largest absolute Gasteiger partial charge is 0.423 e. The third-order valence-electron chi connectivity index (χ3n) is 2.99. The van der Waals surface area contributed by atoms with Crippen molar-refractivity contribution in [3.05, 3.63) is 46.8 Å². The predicted octanol–water partition coefficient (Wildman–Crippen LogP) is 4.22. The van der Waals surface area contributed by atoms with Crippen LogP contribution in [-0.2, 0) is 4.79 Å². The summed E-state index contributed by atoms with van der Waals surface area (Å²) in [5.41, 5.74) is 0. The number of hydrogen-bond acceptors (Lipinski definition) is 4. The first-order valence-corrected chi connectivity index (χ1v) is 7.65. The number of para-hydroxylation sites is 1. The summed E-state index contributed by atoms with van der Waals surface area (Å²) in [5.74, 6) is 0.0848. The van der Waals surface area contributed by atoms with Gasteiger partial charge in [-0.15, -0.1) is 11.3 Å². The molecule has 0 saturated carbocycles. The molecule has 0 fully saturated rings. The topological polar surface area (TPSA) is 29.5 Å². The monoisotopic (exact) mass is 309 g/mol. The lowest BCUT2D eigenvalue weighted by Crippen LogP contribution is -2.41. The van der Waals surface area contributed by atoms with Crippen LogP contribution in [0.15, 0.2) is 41.8 Å². The van der Waals surface area contributed by atoms with Gasteiger partial charge in [-0.25, -0.2) is 4.79 Å². The van der Waals surface area contributed by atoms with Gasteiger partial charge in [-0.3, -0.25) is 0 Å². The fraction of sp³-hybridized carbons (Fsp3) is 0.267. The summed E-state index contributed by atoms with van der Waals surface area (Å²) in [7, 11) is 0. The lowest BCUT2D eigenvalue weighted by Gasteiger charge is -2.26. The van der Waals surface area contributed by atoms with Gasteiger partial charge in [0, 0.05) is 6.54 Å². The van der Waals surface area contributed by atoms with Gasteiger partial charge in [0.25, 0.3) is 0 Å². The third kappa shape index (κ3) is 3.32. The van der Waals surface area contributed by atoms with Gasteiger partial charge in [-0.05, 0) is 43.5 Å². The molecule has 2 rings (SSSR count). The Kier molecular flexibility index (Phi) is 5.04. The summed E-state index contributed by atoms with van der Waals surface area (Å²) in [6.45, 7) is 4.58. The van der Waals surface area contributed by atoms with Crippen molar-refractivity contribution in [2.24, 2.45) is 0 Å². The van der Waals surface area contributed by atoms with Crippen molar-refractivity contribution in [3.8, 4) is 5.75 Å². The van der Waals surface area contributed by atoms with Crippen LogP contribution in [0.4, 0.5) is 5.00 Å². The summed E-state index contributed by atoms with van der Waals surface area (Å²) >= 11 is 7.60. The molecule has 5 heteroatoms. The summed E-state index contributed by atoms with van der Waals surface area (Å²) in [5, 5.41) is 3.48. The number of likely N-dealkylation sites (N-methyl/N-ethyl adjacent to an activating group) is 1. The predicted molar refractivity (Wildman–Crippen MR) is 83.9 cm³/mol. The maximum absolute atomic E-state index is 12.2. The number of anilines is 1. The summed E-state index contributed by atoms with van der Waals surface area (Å²) in [6, 6.07) is 10.6. The zero-order chi connectivity index (χ0) is 14.5. The first-order valence-electron chi connectivity index (χ1n) is 6.40. The summed E-state index contributed by atoms with van der Waals surface area (Å²) in [6.07, 6.45) is 0. The molecule has 3 nitrogen and oxygen atoms in total. The molecule has 0 radical (unpaired) electrons. The molecule has 1 aromatic heterocycles. The van der Waals surface area contributed by atoms with E-state index in [2.05, 4.69) is 0 Å². The minimum Gasteiger partial charge on any atom is -0.423 e. The van der Waals surface area contributed by atoms with Crippen molar-refractivity contribution in [2.45, 2.75) is 19.9 Å².